The number of phosphoric acid groups is 1. The topological polar surface area (TPSA) is 155 Å². The number of rotatable bonds is 52. The summed E-state index contributed by atoms with van der Waals surface area (Å²) < 4.78 is 39.4. The SMILES string of the molecule is CC/C=C\C/C=C\C/C=C\C/C=C\C/C=C\CC(=O)OCC(COP(=O)(O)OCC(CO)OC(=O)CCCCCCC/C=C\CCCCCCCC)OC(=O)CCCCCCCCC/C=C\C/C=C\C/C=C\CC. The second-order valence-corrected chi connectivity index (χ2v) is 20.2. The second-order valence-electron chi connectivity index (χ2n) is 18.7. The van der Waals surface area contributed by atoms with Crippen molar-refractivity contribution < 1.29 is 52.2 Å². The third-order valence-corrected chi connectivity index (χ3v) is 12.6. The van der Waals surface area contributed by atoms with Crippen LogP contribution >= 0.6 is 7.82 Å². The van der Waals surface area contributed by atoms with E-state index in [0.717, 1.165) is 128 Å². The van der Waals surface area contributed by atoms with Crippen molar-refractivity contribution in [2.45, 2.75) is 238 Å². The average Bonchev–Trinajstić information content (AvgIpc) is 3.39. The van der Waals surface area contributed by atoms with Crippen molar-refractivity contribution in [2.75, 3.05) is 26.4 Å². The summed E-state index contributed by atoms with van der Waals surface area (Å²) in [7, 11) is -4.78. The van der Waals surface area contributed by atoms with E-state index in [1.807, 2.05) is 12.2 Å². The van der Waals surface area contributed by atoms with Gasteiger partial charge in [0.1, 0.15) is 12.7 Å². The number of aliphatic hydroxyl groups excluding tert-OH is 1. The van der Waals surface area contributed by atoms with E-state index < -0.39 is 64.4 Å². The fraction of sp³-hybridized carbons (Fsp3) is 0.661. The molecule has 0 rings (SSSR count). The molecular weight excluding hydrogens is 952 g/mol. The Morgan fingerprint density at radius 3 is 1.16 bits per heavy atom. The highest BCUT2D eigenvalue weighted by atomic mass is 31.2. The Labute approximate surface area is 450 Å². The zero-order valence-corrected chi connectivity index (χ0v) is 47.4. The molecule has 0 saturated carbocycles. The molecule has 0 aromatic heterocycles. The van der Waals surface area contributed by atoms with E-state index in [-0.39, 0.29) is 19.3 Å². The number of aliphatic hydroxyl groups is 1. The molecule has 0 aromatic carbocycles. The second kappa shape index (κ2) is 55.4. The molecule has 74 heavy (non-hydrogen) atoms. The van der Waals surface area contributed by atoms with Gasteiger partial charge in [-0.05, 0) is 103 Å². The van der Waals surface area contributed by atoms with Crippen molar-refractivity contribution in [1.29, 1.82) is 0 Å². The standard InChI is InChI=1S/C62H103O11P/c1-4-7-10-13-16-19-22-25-28-29-32-35-38-41-44-47-50-53-62(66)73-59(55-69-60(64)51-48-45-42-39-36-33-30-26-23-20-17-14-11-8-5-2)57-71-74(67,68)70-56-58(54-63)72-61(65)52-49-46-43-40-37-34-31-27-24-21-18-15-12-9-6-3/h7-8,10-11,16-17,19-20,25-28,30-31,36,39,45,48,58-59,63H,4-6,9,12-15,18,21-24,29,32-35,37-38,40-44,46-47,49-57H2,1-3H3,(H,67,68)/b10-7-,11-8-,19-16-,20-17-,28-25-,30-26-,31-27-,39-36-,48-45-. The maximum Gasteiger partial charge on any atom is 0.472 e. The van der Waals surface area contributed by atoms with Gasteiger partial charge in [-0.15, -0.1) is 0 Å². The molecule has 422 valence electrons. The maximum atomic E-state index is 12.9. The number of hydrogen-bond donors (Lipinski definition) is 2. The number of hydrogen-bond acceptors (Lipinski definition) is 10. The summed E-state index contributed by atoms with van der Waals surface area (Å²) in [6.45, 7) is 4.28. The van der Waals surface area contributed by atoms with Gasteiger partial charge in [-0.3, -0.25) is 23.4 Å². The van der Waals surface area contributed by atoms with Gasteiger partial charge in [0.15, 0.2) is 6.10 Å². The van der Waals surface area contributed by atoms with Crippen LogP contribution in [0.5, 0.6) is 0 Å². The first kappa shape index (κ1) is 70.1. The summed E-state index contributed by atoms with van der Waals surface area (Å²) in [6, 6.07) is 0. The van der Waals surface area contributed by atoms with E-state index in [4.69, 9.17) is 23.3 Å². The summed E-state index contributed by atoms with van der Waals surface area (Å²) in [4.78, 5) is 48.5. The van der Waals surface area contributed by atoms with Crippen molar-refractivity contribution in [3.05, 3.63) is 109 Å². The molecule has 0 bridgehead atoms. The zero-order chi connectivity index (χ0) is 54.1. The van der Waals surface area contributed by atoms with Crippen LogP contribution in [0.1, 0.15) is 226 Å². The van der Waals surface area contributed by atoms with Crippen molar-refractivity contribution in [2.24, 2.45) is 0 Å². The zero-order valence-electron chi connectivity index (χ0n) is 46.5. The molecule has 0 amide bonds. The molecule has 11 nitrogen and oxygen atoms in total. The predicted octanol–water partition coefficient (Wildman–Crippen LogP) is 17.0. The lowest BCUT2D eigenvalue weighted by atomic mass is 10.1. The first-order valence-corrected chi connectivity index (χ1v) is 30.3. The van der Waals surface area contributed by atoms with Crippen LogP contribution in [-0.2, 0) is 42.2 Å². The quantitative estimate of drug-likeness (QED) is 0.0197. The number of carbonyl (C=O) groups excluding carboxylic acids is 3. The van der Waals surface area contributed by atoms with E-state index in [9.17, 15) is 28.9 Å². The molecule has 0 aliphatic heterocycles. The third-order valence-electron chi connectivity index (χ3n) is 11.7. The summed E-state index contributed by atoms with van der Waals surface area (Å²) in [5.74, 6) is -1.64. The molecule has 3 unspecified atom stereocenters. The van der Waals surface area contributed by atoms with Crippen LogP contribution in [0, 0.1) is 0 Å². The van der Waals surface area contributed by atoms with Crippen LogP contribution in [0.4, 0.5) is 0 Å². The summed E-state index contributed by atoms with van der Waals surface area (Å²) >= 11 is 0. The van der Waals surface area contributed by atoms with Gasteiger partial charge in [0.05, 0.1) is 26.2 Å². The molecule has 0 fully saturated rings. The molecule has 0 aliphatic rings. The van der Waals surface area contributed by atoms with E-state index in [1.54, 1.807) is 6.08 Å². The molecular formula is C62H103O11P. The van der Waals surface area contributed by atoms with Crippen LogP contribution in [0.15, 0.2) is 109 Å². The fourth-order valence-corrected chi connectivity index (χ4v) is 8.16. The molecule has 0 aliphatic carbocycles. The molecule has 0 spiro atoms. The highest BCUT2D eigenvalue weighted by Crippen LogP contribution is 2.43. The van der Waals surface area contributed by atoms with Gasteiger partial charge < -0.3 is 24.2 Å². The molecule has 2 N–H and O–H groups in total. The van der Waals surface area contributed by atoms with E-state index in [0.29, 0.717) is 19.3 Å². The number of unbranched alkanes of at least 4 members (excludes halogenated alkanes) is 18. The number of esters is 3. The number of ether oxygens (including phenoxy) is 3. The molecule has 0 radical (unpaired) electrons. The van der Waals surface area contributed by atoms with Crippen LogP contribution in [0.25, 0.3) is 0 Å². The van der Waals surface area contributed by atoms with Gasteiger partial charge in [0.2, 0.25) is 0 Å². The van der Waals surface area contributed by atoms with E-state index >= 15 is 0 Å². The third kappa shape index (κ3) is 53.0. The first-order chi connectivity index (χ1) is 36.2. The maximum absolute atomic E-state index is 12.9. The Hall–Kier alpha value is -3.86. The van der Waals surface area contributed by atoms with Crippen LogP contribution in [-0.4, -0.2) is 66.5 Å². The molecule has 3 atom stereocenters. The van der Waals surface area contributed by atoms with Crippen molar-refractivity contribution in [3.63, 3.8) is 0 Å². The smallest absolute Gasteiger partial charge is 0.461 e. The number of phosphoric ester groups is 1. The largest absolute Gasteiger partial charge is 0.472 e. The summed E-state index contributed by atoms with van der Waals surface area (Å²) in [5.41, 5.74) is 0. The van der Waals surface area contributed by atoms with Gasteiger partial charge in [0, 0.05) is 12.8 Å². The minimum atomic E-state index is -4.78. The highest BCUT2D eigenvalue weighted by molar-refractivity contribution is 7.47. The Bertz CT molecular complexity index is 1660. The van der Waals surface area contributed by atoms with Crippen LogP contribution in [0.2, 0.25) is 0 Å². The fourth-order valence-electron chi connectivity index (χ4n) is 7.38. The highest BCUT2D eigenvalue weighted by Gasteiger charge is 2.28. The van der Waals surface area contributed by atoms with Crippen LogP contribution < -0.4 is 0 Å². The Morgan fingerprint density at radius 1 is 0.405 bits per heavy atom. The molecule has 0 saturated heterocycles. The van der Waals surface area contributed by atoms with Gasteiger partial charge in [0.25, 0.3) is 0 Å². The molecule has 12 heteroatoms. The number of carbonyl (C=O) groups is 3. The molecule has 0 aromatic rings. The normalized spacial score (nSPS) is 14.2. The minimum Gasteiger partial charge on any atom is -0.461 e. The van der Waals surface area contributed by atoms with Gasteiger partial charge in [-0.2, -0.15) is 0 Å². The minimum absolute atomic E-state index is 0.0130. The van der Waals surface area contributed by atoms with Crippen molar-refractivity contribution >= 4 is 25.7 Å². The summed E-state index contributed by atoms with van der Waals surface area (Å²) in [5, 5.41) is 9.81. The van der Waals surface area contributed by atoms with Gasteiger partial charge >= 0.3 is 25.7 Å². The Balaban J connectivity index is 4.85. The Morgan fingerprint density at radius 2 is 0.743 bits per heavy atom. The number of allylic oxidation sites excluding steroid dienone is 17. The molecule has 0 heterocycles. The van der Waals surface area contributed by atoms with Crippen LogP contribution in [0.3, 0.4) is 0 Å². The van der Waals surface area contributed by atoms with Crippen molar-refractivity contribution in [3.8, 4) is 0 Å². The van der Waals surface area contributed by atoms with E-state index in [1.165, 1.54) is 38.5 Å². The average molecular weight is 1060 g/mol. The summed E-state index contributed by atoms with van der Waals surface area (Å²) in [6.07, 6.45) is 66.4. The van der Waals surface area contributed by atoms with Crippen molar-refractivity contribution in [1.82, 2.24) is 0 Å². The monoisotopic (exact) mass is 1050 g/mol. The first-order valence-electron chi connectivity index (χ1n) is 28.8. The van der Waals surface area contributed by atoms with Gasteiger partial charge in [-0.1, -0.05) is 214 Å². The Kier molecular flexibility index (Phi) is 52.5. The lowest BCUT2D eigenvalue weighted by Crippen LogP contribution is -2.30. The van der Waals surface area contributed by atoms with E-state index in [2.05, 4.69) is 112 Å². The lowest BCUT2D eigenvalue weighted by molar-refractivity contribution is -0.161. The van der Waals surface area contributed by atoms with Gasteiger partial charge in [-0.25, -0.2) is 4.57 Å². The lowest BCUT2D eigenvalue weighted by Gasteiger charge is -2.21. The predicted molar refractivity (Wildman–Crippen MR) is 307 cm³/mol.